The Labute approximate surface area is 153 Å². The van der Waals surface area contributed by atoms with Gasteiger partial charge in [0.05, 0.1) is 13.2 Å². The topological polar surface area (TPSA) is 250 Å². The van der Waals surface area contributed by atoms with Crippen molar-refractivity contribution in [3.63, 3.8) is 0 Å². The number of hydrogen-bond acceptors (Lipinski definition) is 14. The van der Waals surface area contributed by atoms with Crippen molar-refractivity contribution in [2.24, 2.45) is 0 Å². The smallest absolute Gasteiger partial charge is 0.402 e. The third-order valence-electron chi connectivity index (χ3n) is 4.07. The van der Waals surface area contributed by atoms with Crippen molar-refractivity contribution in [1.29, 1.82) is 0 Å². The summed E-state index contributed by atoms with van der Waals surface area (Å²) in [5.74, 6) is -2.22. The summed E-state index contributed by atoms with van der Waals surface area (Å²) in [4.78, 5) is 0. The zero-order chi connectivity index (χ0) is 20.9. The lowest BCUT2D eigenvalue weighted by Gasteiger charge is -2.43. The van der Waals surface area contributed by atoms with Crippen molar-refractivity contribution >= 4 is 7.32 Å². The Hall–Kier alpha value is -0.495. The van der Waals surface area contributed by atoms with Gasteiger partial charge in [0.1, 0.15) is 49.3 Å². The molecule has 9 atom stereocenters. The number of aliphatic hydroxyl groups excluding tert-OH is 8. The SMILES string of the molecule is OB(O)O.OC[C@H]1OC(CO)(O[C@H]2O[C@H](CO)[C@@H](O)[C@H](O)[C@H]2O)[C@@H](O)[C@@H]1O. The second-order valence-corrected chi connectivity index (χ2v) is 5.91. The molecule has 15 heteroatoms. The number of hydrogen-bond donors (Lipinski definition) is 11. The predicted molar refractivity (Wildman–Crippen MR) is 81.1 cm³/mol. The Morgan fingerprint density at radius 3 is 1.70 bits per heavy atom. The van der Waals surface area contributed by atoms with Crippen LogP contribution in [0.5, 0.6) is 0 Å². The molecular weight excluding hydrogens is 379 g/mol. The van der Waals surface area contributed by atoms with Crippen LogP contribution in [0.4, 0.5) is 0 Å². The standard InChI is InChI=1S/C12H22O11.BH3O3/c13-1-4-6(16)8(18)9(19)11(21-4)23-12(3-15)10(20)7(17)5(2-14)22-12;2-1(3)4/h4-11,13-20H,1-3H2;2-4H/t4-,5-,6-,7-,8+,9-,10+,11-,12?;/m1./s1. The molecule has 0 radical (unpaired) electrons. The minimum atomic E-state index is -2.22. The summed E-state index contributed by atoms with van der Waals surface area (Å²) in [5, 5.41) is 98.2. The third kappa shape index (κ3) is 5.52. The van der Waals surface area contributed by atoms with Gasteiger partial charge in [0.2, 0.25) is 5.79 Å². The van der Waals surface area contributed by atoms with E-state index < -0.39 is 81.9 Å². The Bertz CT molecular complexity index is 438. The van der Waals surface area contributed by atoms with Gasteiger partial charge in [0.25, 0.3) is 0 Å². The van der Waals surface area contributed by atoms with E-state index in [1.54, 1.807) is 0 Å². The molecule has 2 saturated heterocycles. The molecule has 2 heterocycles. The van der Waals surface area contributed by atoms with E-state index in [0.29, 0.717) is 0 Å². The van der Waals surface area contributed by atoms with Crippen molar-refractivity contribution < 1.29 is 70.1 Å². The average Bonchev–Trinajstić information content (AvgIpc) is 2.86. The summed E-state index contributed by atoms with van der Waals surface area (Å²) in [5.41, 5.74) is 0. The fourth-order valence-corrected chi connectivity index (χ4v) is 2.63. The van der Waals surface area contributed by atoms with E-state index in [-0.39, 0.29) is 0 Å². The monoisotopic (exact) mass is 404 g/mol. The third-order valence-corrected chi connectivity index (χ3v) is 4.07. The van der Waals surface area contributed by atoms with Crippen LogP contribution in [0.1, 0.15) is 0 Å². The highest BCUT2D eigenvalue weighted by Gasteiger charge is 2.58. The summed E-state index contributed by atoms with van der Waals surface area (Å²) < 4.78 is 15.4. The maximum Gasteiger partial charge on any atom is 0.631 e. The van der Waals surface area contributed by atoms with Gasteiger partial charge in [0, 0.05) is 0 Å². The van der Waals surface area contributed by atoms with Crippen LogP contribution < -0.4 is 0 Å². The van der Waals surface area contributed by atoms with E-state index in [2.05, 4.69) is 0 Å². The van der Waals surface area contributed by atoms with Crippen LogP contribution in [0, 0.1) is 0 Å². The summed E-state index contributed by atoms with van der Waals surface area (Å²) in [6.45, 7) is -2.32. The quantitative estimate of drug-likeness (QED) is 0.191. The Balaban J connectivity index is 0.000000828. The van der Waals surface area contributed by atoms with E-state index in [9.17, 15) is 30.6 Å². The molecule has 0 aliphatic carbocycles. The first-order chi connectivity index (χ1) is 12.5. The van der Waals surface area contributed by atoms with Crippen LogP contribution in [0.15, 0.2) is 0 Å². The minimum Gasteiger partial charge on any atom is -0.402 e. The van der Waals surface area contributed by atoms with Crippen LogP contribution in [0.3, 0.4) is 0 Å². The molecule has 0 aromatic heterocycles. The molecular formula is C12H25BO14. The van der Waals surface area contributed by atoms with Gasteiger partial charge < -0.3 is 70.1 Å². The van der Waals surface area contributed by atoms with E-state index in [0.717, 1.165) is 0 Å². The fourth-order valence-electron chi connectivity index (χ4n) is 2.63. The summed E-state index contributed by atoms with van der Waals surface area (Å²) >= 11 is 0. The average molecular weight is 404 g/mol. The maximum atomic E-state index is 10.00. The molecule has 0 amide bonds. The van der Waals surface area contributed by atoms with E-state index in [1.807, 2.05) is 0 Å². The molecule has 1 unspecified atom stereocenters. The van der Waals surface area contributed by atoms with Gasteiger partial charge in [-0.3, -0.25) is 0 Å². The van der Waals surface area contributed by atoms with E-state index in [1.165, 1.54) is 0 Å². The van der Waals surface area contributed by atoms with E-state index in [4.69, 9.17) is 39.5 Å². The fraction of sp³-hybridized carbons (Fsp3) is 1.00. The molecule has 14 nitrogen and oxygen atoms in total. The minimum absolute atomic E-state index is 0.669. The lowest BCUT2D eigenvalue weighted by Crippen LogP contribution is -2.62. The molecule has 0 spiro atoms. The van der Waals surface area contributed by atoms with Gasteiger partial charge >= 0.3 is 7.32 Å². The maximum absolute atomic E-state index is 10.00. The largest absolute Gasteiger partial charge is 0.631 e. The molecule has 2 rings (SSSR count). The molecule has 2 fully saturated rings. The van der Waals surface area contributed by atoms with Gasteiger partial charge in [-0.15, -0.1) is 0 Å². The molecule has 2 aliphatic heterocycles. The molecule has 160 valence electrons. The Morgan fingerprint density at radius 1 is 0.778 bits per heavy atom. The molecule has 2 aliphatic rings. The molecule has 11 N–H and O–H groups in total. The van der Waals surface area contributed by atoms with Crippen LogP contribution in [0.2, 0.25) is 0 Å². The zero-order valence-electron chi connectivity index (χ0n) is 14.0. The van der Waals surface area contributed by atoms with Gasteiger partial charge in [-0.25, -0.2) is 0 Å². The van der Waals surface area contributed by atoms with Gasteiger partial charge in [-0.2, -0.15) is 0 Å². The highest BCUT2D eigenvalue weighted by Crippen LogP contribution is 2.35. The van der Waals surface area contributed by atoms with Gasteiger partial charge in [0.15, 0.2) is 6.29 Å². The highest BCUT2D eigenvalue weighted by molar-refractivity contribution is 6.30. The summed E-state index contributed by atoms with van der Waals surface area (Å²) in [6, 6.07) is 0. The highest BCUT2D eigenvalue weighted by atomic mass is 16.8. The van der Waals surface area contributed by atoms with E-state index >= 15 is 0 Å². The molecule has 27 heavy (non-hydrogen) atoms. The van der Waals surface area contributed by atoms with Gasteiger partial charge in [-0.1, -0.05) is 0 Å². The Morgan fingerprint density at radius 2 is 1.30 bits per heavy atom. The van der Waals surface area contributed by atoms with Crippen molar-refractivity contribution in [3.8, 4) is 0 Å². The summed E-state index contributed by atoms with van der Waals surface area (Å²) in [7, 11) is -2.17. The van der Waals surface area contributed by atoms with Crippen LogP contribution in [-0.4, -0.2) is 138 Å². The van der Waals surface area contributed by atoms with Crippen LogP contribution >= 0.6 is 0 Å². The van der Waals surface area contributed by atoms with Crippen LogP contribution in [0.25, 0.3) is 0 Å². The molecule has 0 bridgehead atoms. The lowest BCUT2D eigenvalue weighted by molar-refractivity contribution is -0.383. The molecule has 0 saturated carbocycles. The van der Waals surface area contributed by atoms with Gasteiger partial charge in [-0.05, 0) is 0 Å². The molecule has 0 aromatic rings. The normalized spacial score (nSPS) is 44.6. The Kier molecular flexibility index (Phi) is 9.39. The number of ether oxygens (including phenoxy) is 3. The van der Waals surface area contributed by atoms with Crippen molar-refractivity contribution in [3.05, 3.63) is 0 Å². The lowest BCUT2D eigenvalue weighted by atomic mass is 9.99. The first-order valence-corrected chi connectivity index (χ1v) is 7.82. The molecule has 0 aromatic carbocycles. The predicted octanol–water partition coefficient (Wildman–Crippen LogP) is -7.45. The summed E-state index contributed by atoms with van der Waals surface area (Å²) in [6.07, 6.45) is -12.7. The second-order valence-electron chi connectivity index (χ2n) is 5.91. The zero-order valence-corrected chi connectivity index (χ0v) is 14.0. The van der Waals surface area contributed by atoms with Crippen molar-refractivity contribution in [1.82, 2.24) is 0 Å². The number of aliphatic hydroxyl groups is 8. The van der Waals surface area contributed by atoms with Crippen LogP contribution in [-0.2, 0) is 14.2 Å². The van der Waals surface area contributed by atoms with Crippen molar-refractivity contribution in [2.45, 2.75) is 54.8 Å². The first kappa shape index (κ1) is 24.5. The number of rotatable bonds is 5. The van der Waals surface area contributed by atoms with Crippen molar-refractivity contribution in [2.75, 3.05) is 19.8 Å². The first-order valence-electron chi connectivity index (χ1n) is 7.82. The second kappa shape index (κ2) is 10.3.